The number of para-hydroxylation sites is 1. The fourth-order valence-electron chi connectivity index (χ4n) is 2.22. The lowest BCUT2D eigenvalue weighted by atomic mass is 10.2. The summed E-state index contributed by atoms with van der Waals surface area (Å²) in [6.07, 6.45) is 3.29. The average Bonchev–Trinajstić information content (AvgIpc) is 2.98. The van der Waals surface area contributed by atoms with E-state index in [4.69, 9.17) is 11.6 Å². The zero-order valence-corrected chi connectivity index (χ0v) is 12.9. The molecule has 1 amide bonds. The predicted molar refractivity (Wildman–Crippen MR) is 91.5 cm³/mol. The van der Waals surface area contributed by atoms with Gasteiger partial charge in [0.25, 0.3) is 11.6 Å². The third-order valence-electron chi connectivity index (χ3n) is 3.40. The highest BCUT2D eigenvalue weighted by molar-refractivity contribution is 6.34. The first-order chi connectivity index (χ1) is 11.6. The lowest BCUT2D eigenvalue weighted by molar-refractivity contribution is -0.384. The number of carbonyl (C=O) groups is 1. The summed E-state index contributed by atoms with van der Waals surface area (Å²) in [7, 11) is 0. The number of aromatic amines is 1. The number of hydrogen-bond acceptors (Lipinski definition) is 4. The normalized spacial score (nSPS) is 11.0. The Balaban J connectivity index is 1.74. The SMILES string of the molecule is O=C(N/N=C\c1c[nH]c2ccccc12)c1ccc([N+](=O)[O-])cc1Cl. The van der Waals surface area contributed by atoms with Crippen LogP contribution < -0.4 is 5.43 Å². The van der Waals surface area contributed by atoms with Crippen LogP contribution >= 0.6 is 11.6 Å². The molecule has 0 saturated heterocycles. The van der Waals surface area contributed by atoms with Crippen LogP contribution in [0.5, 0.6) is 0 Å². The molecule has 3 rings (SSSR count). The van der Waals surface area contributed by atoms with Crippen molar-refractivity contribution in [2.45, 2.75) is 0 Å². The molecule has 1 aromatic heterocycles. The minimum atomic E-state index is -0.581. The van der Waals surface area contributed by atoms with Crippen LogP contribution in [0.4, 0.5) is 5.69 Å². The van der Waals surface area contributed by atoms with Crippen molar-refractivity contribution in [3.63, 3.8) is 0 Å². The lowest BCUT2D eigenvalue weighted by Crippen LogP contribution is -2.18. The predicted octanol–water partition coefficient (Wildman–Crippen LogP) is 3.49. The van der Waals surface area contributed by atoms with E-state index < -0.39 is 10.8 Å². The zero-order valence-electron chi connectivity index (χ0n) is 12.2. The van der Waals surface area contributed by atoms with E-state index in [1.807, 2.05) is 24.3 Å². The molecule has 0 unspecified atom stereocenters. The van der Waals surface area contributed by atoms with E-state index in [1.165, 1.54) is 18.3 Å². The molecule has 24 heavy (non-hydrogen) atoms. The Labute approximate surface area is 141 Å². The number of amides is 1. The van der Waals surface area contributed by atoms with Crippen LogP contribution in [0.2, 0.25) is 5.02 Å². The van der Waals surface area contributed by atoms with Gasteiger partial charge in [-0.25, -0.2) is 5.43 Å². The van der Waals surface area contributed by atoms with Crippen LogP contribution in [0, 0.1) is 10.1 Å². The van der Waals surface area contributed by atoms with E-state index in [0.29, 0.717) is 0 Å². The molecule has 0 aliphatic heterocycles. The number of nitro groups is 1. The van der Waals surface area contributed by atoms with E-state index in [9.17, 15) is 14.9 Å². The maximum Gasteiger partial charge on any atom is 0.272 e. The van der Waals surface area contributed by atoms with Gasteiger partial charge in [-0.15, -0.1) is 0 Å². The van der Waals surface area contributed by atoms with Crippen molar-refractivity contribution in [1.82, 2.24) is 10.4 Å². The average molecular weight is 343 g/mol. The minimum Gasteiger partial charge on any atom is -0.361 e. The molecular weight excluding hydrogens is 332 g/mol. The summed E-state index contributed by atoms with van der Waals surface area (Å²) >= 11 is 5.90. The highest BCUT2D eigenvalue weighted by Crippen LogP contribution is 2.22. The standard InChI is InChI=1S/C16H11ClN4O3/c17-14-7-11(21(23)24)5-6-13(14)16(22)20-19-9-10-8-18-15-4-2-1-3-12(10)15/h1-9,18H,(H,20,22)/b19-9-. The third-order valence-corrected chi connectivity index (χ3v) is 3.71. The molecule has 0 radical (unpaired) electrons. The molecule has 3 aromatic rings. The monoisotopic (exact) mass is 342 g/mol. The molecule has 0 aliphatic rings. The lowest BCUT2D eigenvalue weighted by Gasteiger charge is -2.02. The van der Waals surface area contributed by atoms with Crippen molar-refractivity contribution in [1.29, 1.82) is 0 Å². The van der Waals surface area contributed by atoms with Gasteiger partial charge in [0.2, 0.25) is 0 Å². The van der Waals surface area contributed by atoms with Gasteiger partial charge in [-0.05, 0) is 12.1 Å². The van der Waals surface area contributed by atoms with Gasteiger partial charge in [-0.2, -0.15) is 5.10 Å². The highest BCUT2D eigenvalue weighted by Gasteiger charge is 2.14. The number of aromatic nitrogens is 1. The zero-order chi connectivity index (χ0) is 17.1. The molecule has 120 valence electrons. The van der Waals surface area contributed by atoms with Crippen LogP contribution in [0.25, 0.3) is 10.9 Å². The Morgan fingerprint density at radius 1 is 1.29 bits per heavy atom. The Hall–Kier alpha value is -3.19. The number of carbonyl (C=O) groups excluding carboxylic acids is 1. The Morgan fingerprint density at radius 2 is 2.08 bits per heavy atom. The molecule has 2 N–H and O–H groups in total. The minimum absolute atomic E-state index is 0.0102. The maximum absolute atomic E-state index is 12.1. The summed E-state index contributed by atoms with van der Waals surface area (Å²) in [6, 6.07) is 11.3. The molecule has 2 aromatic carbocycles. The van der Waals surface area contributed by atoms with Crippen molar-refractivity contribution < 1.29 is 9.72 Å². The van der Waals surface area contributed by atoms with E-state index in [1.54, 1.807) is 6.20 Å². The van der Waals surface area contributed by atoms with E-state index in [-0.39, 0.29) is 16.3 Å². The number of nitrogens with one attached hydrogen (secondary N) is 2. The third kappa shape index (κ3) is 3.11. The van der Waals surface area contributed by atoms with Gasteiger partial charge in [-0.3, -0.25) is 14.9 Å². The maximum atomic E-state index is 12.1. The number of non-ortho nitro benzene ring substituents is 1. The van der Waals surface area contributed by atoms with Gasteiger partial charge in [0.05, 0.1) is 21.7 Å². The highest BCUT2D eigenvalue weighted by atomic mass is 35.5. The van der Waals surface area contributed by atoms with Crippen LogP contribution in [0.15, 0.2) is 53.8 Å². The number of benzene rings is 2. The summed E-state index contributed by atoms with van der Waals surface area (Å²) in [5, 5.41) is 15.5. The molecule has 7 nitrogen and oxygen atoms in total. The second kappa shape index (κ2) is 6.51. The van der Waals surface area contributed by atoms with Crippen LogP contribution in [-0.4, -0.2) is 22.0 Å². The second-order valence-electron chi connectivity index (χ2n) is 4.91. The summed E-state index contributed by atoms with van der Waals surface area (Å²) in [6.45, 7) is 0. The van der Waals surface area contributed by atoms with Gasteiger partial charge < -0.3 is 4.98 Å². The van der Waals surface area contributed by atoms with Crippen molar-refractivity contribution in [2.24, 2.45) is 5.10 Å². The molecule has 0 fully saturated rings. The topological polar surface area (TPSA) is 100 Å². The first-order valence-electron chi connectivity index (χ1n) is 6.90. The quantitative estimate of drug-likeness (QED) is 0.431. The number of hydrazone groups is 1. The molecule has 0 saturated carbocycles. The van der Waals surface area contributed by atoms with Crippen molar-refractivity contribution >= 4 is 40.3 Å². The number of hydrogen-bond donors (Lipinski definition) is 2. The van der Waals surface area contributed by atoms with Crippen molar-refractivity contribution in [3.8, 4) is 0 Å². The first kappa shape index (κ1) is 15.7. The Kier molecular flexibility index (Phi) is 4.26. The largest absolute Gasteiger partial charge is 0.361 e. The first-order valence-corrected chi connectivity index (χ1v) is 7.27. The fraction of sp³-hybridized carbons (Fsp3) is 0. The van der Waals surface area contributed by atoms with Gasteiger partial charge in [0.1, 0.15) is 0 Å². The molecular formula is C16H11ClN4O3. The summed E-state index contributed by atoms with van der Waals surface area (Å²) in [5.74, 6) is -0.550. The number of halogens is 1. The Bertz CT molecular complexity index is 965. The molecule has 8 heteroatoms. The Morgan fingerprint density at radius 3 is 2.83 bits per heavy atom. The van der Waals surface area contributed by atoms with Crippen molar-refractivity contribution in [2.75, 3.05) is 0 Å². The number of H-pyrrole nitrogens is 1. The number of nitrogens with zero attached hydrogens (tertiary/aromatic N) is 2. The molecule has 0 spiro atoms. The van der Waals surface area contributed by atoms with Crippen molar-refractivity contribution in [3.05, 3.63) is 74.9 Å². The molecule has 1 heterocycles. The number of fused-ring (bicyclic) bond motifs is 1. The molecule has 0 bridgehead atoms. The number of rotatable bonds is 4. The summed E-state index contributed by atoms with van der Waals surface area (Å²) in [5.41, 5.74) is 4.06. The van der Waals surface area contributed by atoms with Gasteiger partial charge in [0, 0.05) is 34.8 Å². The fourth-order valence-corrected chi connectivity index (χ4v) is 2.48. The van der Waals surface area contributed by atoms with E-state index >= 15 is 0 Å². The molecule has 0 aliphatic carbocycles. The van der Waals surface area contributed by atoms with Gasteiger partial charge in [-0.1, -0.05) is 29.8 Å². The van der Waals surface area contributed by atoms with E-state index in [2.05, 4.69) is 15.5 Å². The number of nitro benzene ring substituents is 1. The molecule has 0 atom stereocenters. The smallest absolute Gasteiger partial charge is 0.272 e. The van der Waals surface area contributed by atoms with Gasteiger partial charge >= 0.3 is 0 Å². The second-order valence-corrected chi connectivity index (χ2v) is 5.32. The van der Waals surface area contributed by atoms with Crippen LogP contribution in [-0.2, 0) is 0 Å². The van der Waals surface area contributed by atoms with E-state index in [0.717, 1.165) is 22.5 Å². The summed E-state index contributed by atoms with van der Waals surface area (Å²) in [4.78, 5) is 25.2. The van der Waals surface area contributed by atoms with Crippen LogP contribution in [0.3, 0.4) is 0 Å². The van der Waals surface area contributed by atoms with Crippen LogP contribution in [0.1, 0.15) is 15.9 Å². The van der Waals surface area contributed by atoms with Gasteiger partial charge in [0.15, 0.2) is 0 Å². The summed E-state index contributed by atoms with van der Waals surface area (Å²) < 4.78 is 0.